The Balaban J connectivity index is 1.74. The number of hydrogen-bond donors (Lipinski definition) is 0. The van der Waals surface area contributed by atoms with E-state index >= 15 is 0 Å². The smallest absolute Gasteiger partial charge is 0.234 e. The lowest BCUT2D eigenvalue weighted by atomic mass is 9.96. The molecule has 0 aliphatic heterocycles. The molecule has 2 heteroatoms. The van der Waals surface area contributed by atoms with Gasteiger partial charge in [0.15, 0.2) is 0 Å². The van der Waals surface area contributed by atoms with Gasteiger partial charge < -0.3 is 0 Å². The van der Waals surface area contributed by atoms with E-state index in [0.29, 0.717) is 5.92 Å². The molecule has 3 aromatic rings. The molecule has 40 heavy (non-hydrogen) atoms. The molecular formula is C38H59N2+. The van der Waals surface area contributed by atoms with Crippen molar-refractivity contribution in [3.05, 3.63) is 89.5 Å². The summed E-state index contributed by atoms with van der Waals surface area (Å²) in [6.07, 6.45) is 25.2. The van der Waals surface area contributed by atoms with Crippen LogP contribution in [-0.4, -0.2) is 4.57 Å². The lowest BCUT2D eigenvalue weighted by Gasteiger charge is -2.12. The largest absolute Gasteiger partial charge is 0.261 e. The molecule has 1 atom stereocenters. The fraction of sp³-hybridized carbons (Fsp3) is 0.605. The number of imidazole rings is 1. The fourth-order valence-electron chi connectivity index (χ4n) is 6.11. The zero-order valence-corrected chi connectivity index (χ0v) is 26.3. The first-order valence-electron chi connectivity index (χ1n) is 16.9. The lowest BCUT2D eigenvalue weighted by Crippen LogP contribution is -2.37. The van der Waals surface area contributed by atoms with Crippen molar-refractivity contribution in [2.45, 2.75) is 149 Å². The number of nitrogens with zero attached hydrogens (tertiary/aromatic N) is 2. The highest BCUT2D eigenvalue weighted by Gasteiger charge is 2.25. The highest BCUT2D eigenvalue weighted by molar-refractivity contribution is 5.22. The molecule has 2 aromatic carbocycles. The second-order valence-electron chi connectivity index (χ2n) is 12.2. The van der Waals surface area contributed by atoms with Crippen LogP contribution in [0.25, 0.3) is 0 Å². The average Bonchev–Trinajstić information content (AvgIpc) is 3.29. The van der Waals surface area contributed by atoms with Gasteiger partial charge in [-0.1, -0.05) is 152 Å². The Morgan fingerprint density at radius 1 is 0.625 bits per heavy atom. The molecule has 0 amide bonds. The molecule has 0 saturated carbocycles. The fourth-order valence-corrected chi connectivity index (χ4v) is 6.11. The Morgan fingerprint density at radius 3 is 1.75 bits per heavy atom. The molecule has 0 N–H and O–H groups in total. The van der Waals surface area contributed by atoms with Crippen molar-refractivity contribution in [3.8, 4) is 0 Å². The Bertz CT molecular complexity index is 1020. The maximum absolute atomic E-state index is 2.73. The molecule has 0 radical (unpaired) electrons. The van der Waals surface area contributed by atoms with Crippen LogP contribution in [-0.2, 0) is 25.9 Å². The Labute approximate surface area is 247 Å². The summed E-state index contributed by atoms with van der Waals surface area (Å²) >= 11 is 0. The zero-order valence-electron chi connectivity index (χ0n) is 26.3. The standard InChI is InChI=1S/C38H59N2/c1-4-6-8-10-12-13-14-16-24-30-40-37(31-34(3)36-27-21-18-22-28-36)33-39(29-23-15-11-9-7-5-2)38(40)32-35-25-19-17-20-26-35/h17-22,25-28,33-34H,4-16,23-24,29-32H2,1-3H3/q+1. The van der Waals surface area contributed by atoms with E-state index in [1.807, 2.05) is 0 Å². The maximum Gasteiger partial charge on any atom is 0.261 e. The first kappa shape index (κ1) is 32.2. The van der Waals surface area contributed by atoms with E-state index in [2.05, 4.69) is 96.8 Å². The van der Waals surface area contributed by atoms with Crippen molar-refractivity contribution >= 4 is 0 Å². The van der Waals surface area contributed by atoms with Gasteiger partial charge in [0.05, 0.1) is 19.5 Å². The molecule has 3 rings (SSSR count). The molecule has 0 spiro atoms. The number of unbranched alkanes of at least 4 members (excludes halogenated alkanes) is 13. The van der Waals surface area contributed by atoms with E-state index in [4.69, 9.17) is 0 Å². The molecule has 0 aliphatic carbocycles. The molecule has 0 saturated heterocycles. The SMILES string of the molecule is CCCCCCCCCCCn1c(CC(C)c2ccccc2)c[n+](CCCCCCCC)c1Cc1ccccc1. The summed E-state index contributed by atoms with van der Waals surface area (Å²) in [5.74, 6) is 2.03. The van der Waals surface area contributed by atoms with E-state index in [1.165, 1.54) is 119 Å². The van der Waals surface area contributed by atoms with Crippen LogP contribution in [0.5, 0.6) is 0 Å². The summed E-state index contributed by atoms with van der Waals surface area (Å²) in [5, 5.41) is 0. The predicted octanol–water partition coefficient (Wildman–Crippen LogP) is 10.6. The van der Waals surface area contributed by atoms with Crippen LogP contribution in [0.1, 0.15) is 146 Å². The van der Waals surface area contributed by atoms with Gasteiger partial charge in [-0.05, 0) is 42.7 Å². The van der Waals surface area contributed by atoms with Crippen LogP contribution in [0.4, 0.5) is 0 Å². The third-order valence-corrected chi connectivity index (χ3v) is 8.62. The molecule has 0 fully saturated rings. The van der Waals surface area contributed by atoms with E-state index in [0.717, 1.165) is 25.9 Å². The minimum atomic E-state index is 0.519. The van der Waals surface area contributed by atoms with Crippen LogP contribution < -0.4 is 4.57 Å². The molecule has 1 heterocycles. The highest BCUT2D eigenvalue weighted by Crippen LogP contribution is 2.23. The van der Waals surface area contributed by atoms with E-state index < -0.39 is 0 Å². The summed E-state index contributed by atoms with van der Waals surface area (Å²) < 4.78 is 5.36. The summed E-state index contributed by atoms with van der Waals surface area (Å²) in [7, 11) is 0. The van der Waals surface area contributed by atoms with Gasteiger partial charge in [-0.3, -0.25) is 0 Å². The van der Waals surface area contributed by atoms with Crippen LogP contribution >= 0.6 is 0 Å². The second kappa shape index (κ2) is 19.7. The van der Waals surface area contributed by atoms with E-state index in [1.54, 1.807) is 0 Å². The third kappa shape index (κ3) is 11.6. The summed E-state index contributed by atoms with van der Waals surface area (Å²) in [4.78, 5) is 0. The predicted molar refractivity (Wildman–Crippen MR) is 173 cm³/mol. The first-order chi connectivity index (χ1) is 19.7. The highest BCUT2D eigenvalue weighted by atomic mass is 15.2. The molecule has 0 aliphatic rings. The van der Waals surface area contributed by atoms with Crippen molar-refractivity contribution in [2.24, 2.45) is 0 Å². The number of hydrogen-bond acceptors (Lipinski definition) is 0. The number of rotatable bonds is 22. The van der Waals surface area contributed by atoms with Gasteiger partial charge >= 0.3 is 0 Å². The van der Waals surface area contributed by atoms with Gasteiger partial charge in [-0.15, -0.1) is 0 Å². The summed E-state index contributed by atoms with van der Waals surface area (Å²) in [5.41, 5.74) is 4.39. The van der Waals surface area contributed by atoms with Gasteiger partial charge in [0, 0.05) is 6.42 Å². The van der Waals surface area contributed by atoms with E-state index in [9.17, 15) is 0 Å². The van der Waals surface area contributed by atoms with Gasteiger partial charge in [-0.2, -0.15) is 0 Å². The molecule has 0 bridgehead atoms. The van der Waals surface area contributed by atoms with Crippen LogP contribution in [0, 0.1) is 0 Å². The van der Waals surface area contributed by atoms with E-state index in [-0.39, 0.29) is 0 Å². The summed E-state index contributed by atoms with van der Waals surface area (Å²) in [6, 6.07) is 22.2. The van der Waals surface area contributed by atoms with Crippen LogP contribution in [0.3, 0.4) is 0 Å². The van der Waals surface area contributed by atoms with Crippen LogP contribution in [0.15, 0.2) is 66.9 Å². The average molecular weight is 544 g/mol. The van der Waals surface area contributed by atoms with Crippen molar-refractivity contribution in [3.63, 3.8) is 0 Å². The number of aryl methyl sites for hydroxylation is 1. The second-order valence-corrected chi connectivity index (χ2v) is 12.2. The van der Waals surface area contributed by atoms with Gasteiger partial charge in [0.25, 0.3) is 5.82 Å². The van der Waals surface area contributed by atoms with Crippen molar-refractivity contribution < 1.29 is 4.57 Å². The zero-order chi connectivity index (χ0) is 28.3. The first-order valence-corrected chi connectivity index (χ1v) is 16.9. The Hall–Kier alpha value is -2.35. The summed E-state index contributed by atoms with van der Waals surface area (Å²) in [6.45, 7) is 9.31. The normalized spacial score (nSPS) is 12.2. The van der Waals surface area contributed by atoms with Crippen molar-refractivity contribution in [1.82, 2.24) is 4.57 Å². The topological polar surface area (TPSA) is 8.81 Å². The minimum absolute atomic E-state index is 0.519. The third-order valence-electron chi connectivity index (χ3n) is 8.62. The Morgan fingerprint density at radius 2 is 1.15 bits per heavy atom. The van der Waals surface area contributed by atoms with Crippen molar-refractivity contribution in [2.75, 3.05) is 0 Å². The van der Waals surface area contributed by atoms with Gasteiger partial charge in [0.2, 0.25) is 0 Å². The minimum Gasteiger partial charge on any atom is -0.234 e. The van der Waals surface area contributed by atoms with Gasteiger partial charge in [0.1, 0.15) is 11.9 Å². The lowest BCUT2D eigenvalue weighted by molar-refractivity contribution is -0.704. The van der Waals surface area contributed by atoms with Crippen LogP contribution in [0.2, 0.25) is 0 Å². The molecule has 1 unspecified atom stereocenters. The Kier molecular flexibility index (Phi) is 15.8. The number of aromatic nitrogens is 2. The molecule has 220 valence electrons. The number of benzene rings is 2. The maximum atomic E-state index is 2.73. The quantitative estimate of drug-likeness (QED) is 0.0880. The molecule has 2 nitrogen and oxygen atoms in total. The van der Waals surface area contributed by atoms with Gasteiger partial charge in [-0.25, -0.2) is 9.13 Å². The van der Waals surface area contributed by atoms with Crippen molar-refractivity contribution in [1.29, 1.82) is 0 Å². The molecule has 1 aromatic heterocycles. The molecular weight excluding hydrogens is 484 g/mol. The monoisotopic (exact) mass is 543 g/mol.